The minimum Gasteiger partial charge on any atom is -0.378 e. The average Bonchev–Trinajstić information content (AvgIpc) is 3.04. The molecule has 0 unspecified atom stereocenters. The van der Waals surface area contributed by atoms with E-state index < -0.39 is 0 Å². The van der Waals surface area contributed by atoms with Crippen molar-refractivity contribution in [1.82, 2.24) is 10.3 Å². The van der Waals surface area contributed by atoms with Crippen LogP contribution < -0.4 is 10.2 Å². The Morgan fingerprint density at radius 1 is 1.48 bits per heavy atom. The second-order valence-electron chi connectivity index (χ2n) is 5.00. The summed E-state index contributed by atoms with van der Waals surface area (Å²) in [7, 11) is 3.58. The lowest BCUT2D eigenvalue weighted by Gasteiger charge is -2.15. The number of thiazole rings is 1. The van der Waals surface area contributed by atoms with Crippen molar-refractivity contribution in [3.63, 3.8) is 0 Å². The molecule has 0 saturated carbocycles. The summed E-state index contributed by atoms with van der Waals surface area (Å²) in [6, 6.07) is 4.98. The summed E-state index contributed by atoms with van der Waals surface area (Å²) in [6.07, 6.45) is 0.927. The molecule has 0 fully saturated rings. The molecule has 0 bridgehead atoms. The Hall–Kier alpha value is -1.50. The lowest BCUT2D eigenvalue weighted by Crippen LogP contribution is -2.13. The van der Waals surface area contributed by atoms with E-state index in [-0.39, 0.29) is 5.82 Å². The fourth-order valence-corrected chi connectivity index (χ4v) is 3.70. The third-order valence-corrected chi connectivity index (χ3v) is 4.68. The number of fused-ring (bicyclic) bond motifs is 1. The number of hydrogen-bond acceptors (Lipinski definition) is 5. The predicted octanol–water partition coefficient (Wildman–Crippen LogP) is 2.84. The fraction of sp³-hybridized carbons (Fsp3) is 0.400. The van der Waals surface area contributed by atoms with Crippen LogP contribution in [0.15, 0.2) is 18.2 Å². The molecule has 4 nitrogen and oxygen atoms in total. The molecule has 1 N–H and O–H groups in total. The molecule has 6 heteroatoms. The van der Waals surface area contributed by atoms with E-state index in [4.69, 9.17) is 4.74 Å². The number of aromatic nitrogens is 1. The third-order valence-electron chi connectivity index (χ3n) is 3.56. The van der Waals surface area contributed by atoms with Gasteiger partial charge in [-0.3, -0.25) is 0 Å². The standard InChI is InChI=1S/C15H18FN3OS/c1-17-8-14-12(9-20-2)18-15(21-14)19-6-5-10-3-4-11(16)7-13(10)19/h3-4,7,17H,5-6,8-9H2,1-2H3. The van der Waals surface area contributed by atoms with Crippen molar-refractivity contribution in [2.24, 2.45) is 0 Å². The first-order valence-electron chi connectivity index (χ1n) is 6.91. The number of nitrogens with zero attached hydrogens (tertiary/aromatic N) is 2. The maximum atomic E-state index is 13.5. The Bertz CT molecular complexity index is 620. The van der Waals surface area contributed by atoms with E-state index in [9.17, 15) is 4.39 Å². The quantitative estimate of drug-likeness (QED) is 0.922. The summed E-state index contributed by atoms with van der Waals surface area (Å²) in [5.74, 6) is -0.204. The van der Waals surface area contributed by atoms with Crippen LogP contribution in [0, 0.1) is 5.82 Å². The van der Waals surface area contributed by atoms with Gasteiger partial charge in [0.25, 0.3) is 0 Å². The predicted molar refractivity (Wildman–Crippen MR) is 82.7 cm³/mol. The van der Waals surface area contributed by atoms with Gasteiger partial charge in [-0.05, 0) is 31.2 Å². The van der Waals surface area contributed by atoms with Crippen LogP contribution in [0.5, 0.6) is 0 Å². The second kappa shape index (κ2) is 6.09. The normalized spacial score (nSPS) is 13.8. The van der Waals surface area contributed by atoms with Gasteiger partial charge in [0.1, 0.15) is 5.82 Å². The zero-order valence-electron chi connectivity index (χ0n) is 12.1. The first-order valence-corrected chi connectivity index (χ1v) is 7.72. The number of nitrogens with one attached hydrogen (secondary N) is 1. The second-order valence-corrected chi connectivity index (χ2v) is 6.07. The number of halogens is 1. The van der Waals surface area contributed by atoms with Crippen LogP contribution in [0.1, 0.15) is 16.1 Å². The first-order chi connectivity index (χ1) is 10.2. The number of ether oxygens (including phenoxy) is 1. The first kappa shape index (κ1) is 14.4. The highest BCUT2D eigenvalue weighted by molar-refractivity contribution is 7.15. The topological polar surface area (TPSA) is 37.4 Å². The Balaban J connectivity index is 1.95. The summed E-state index contributed by atoms with van der Waals surface area (Å²) in [5, 5.41) is 4.06. The van der Waals surface area contributed by atoms with E-state index in [0.29, 0.717) is 6.61 Å². The fourth-order valence-electron chi connectivity index (χ4n) is 2.58. The molecular weight excluding hydrogens is 289 g/mol. The van der Waals surface area contributed by atoms with Gasteiger partial charge in [0.15, 0.2) is 5.13 Å². The van der Waals surface area contributed by atoms with Crippen LogP contribution in [0.4, 0.5) is 15.2 Å². The molecule has 0 radical (unpaired) electrons. The summed E-state index contributed by atoms with van der Waals surface area (Å²) in [5.41, 5.74) is 3.07. The van der Waals surface area contributed by atoms with Crippen LogP contribution in [0.25, 0.3) is 0 Å². The summed E-state index contributed by atoms with van der Waals surface area (Å²) < 4.78 is 18.7. The van der Waals surface area contributed by atoms with Gasteiger partial charge in [0.2, 0.25) is 0 Å². The molecule has 2 heterocycles. The number of rotatable bonds is 5. The van der Waals surface area contributed by atoms with E-state index in [1.165, 1.54) is 16.5 Å². The van der Waals surface area contributed by atoms with Crippen LogP contribution in [-0.2, 0) is 24.3 Å². The summed E-state index contributed by atoms with van der Waals surface area (Å²) >= 11 is 1.64. The largest absolute Gasteiger partial charge is 0.378 e. The molecule has 21 heavy (non-hydrogen) atoms. The van der Waals surface area contributed by atoms with Gasteiger partial charge in [-0.15, -0.1) is 0 Å². The van der Waals surface area contributed by atoms with E-state index in [2.05, 4.69) is 15.2 Å². The summed E-state index contributed by atoms with van der Waals surface area (Å²) in [6.45, 7) is 2.11. The SMILES string of the molecule is CNCc1sc(N2CCc3ccc(F)cc32)nc1COC. The van der Waals surface area contributed by atoms with Crippen molar-refractivity contribution in [2.45, 2.75) is 19.6 Å². The molecule has 1 aromatic heterocycles. The molecule has 0 amide bonds. The van der Waals surface area contributed by atoms with Crippen LogP contribution in [0.2, 0.25) is 0 Å². The van der Waals surface area contributed by atoms with Gasteiger partial charge in [-0.1, -0.05) is 17.4 Å². The van der Waals surface area contributed by atoms with Gasteiger partial charge in [-0.2, -0.15) is 0 Å². The highest BCUT2D eigenvalue weighted by atomic mass is 32.1. The van der Waals surface area contributed by atoms with Crippen LogP contribution >= 0.6 is 11.3 Å². The minimum absolute atomic E-state index is 0.204. The minimum atomic E-state index is -0.204. The Morgan fingerprint density at radius 2 is 2.33 bits per heavy atom. The molecule has 112 valence electrons. The zero-order chi connectivity index (χ0) is 14.8. The molecule has 0 atom stereocenters. The van der Waals surface area contributed by atoms with Gasteiger partial charge in [0, 0.05) is 30.8 Å². The smallest absolute Gasteiger partial charge is 0.190 e. The van der Waals surface area contributed by atoms with E-state index >= 15 is 0 Å². The highest BCUT2D eigenvalue weighted by Crippen LogP contribution is 2.38. The van der Waals surface area contributed by atoms with Crippen molar-refractivity contribution in [1.29, 1.82) is 0 Å². The molecular formula is C15H18FN3OS. The molecule has 0 aliphatic carbocycles. The van der Waals surface area contributed by atoms with Gasteiger partial charge in [0.05, 0.1) is 12.3 Å². The van der Waals surface area contributed by atoms with Gasteiger partial charge in [-0.25, -0.2) is 9.37 Å². The zero-order valence-corrected chi connectivity index (χ0v) is 13.0. The number of hydrogen-bond donors (Lipinski definition) is 1. The van der Waals surface area contributed by atoms with Crippen LogP contribution in [-0.4, -0.2) is 25.7 Å². The number of methoxy groups -OCH3 is 1. The Kier molecular flexibility index (Phi) is 4.19. The molecule has 2 aromatic rings. The molecule has 0 spiro atoms. The average molecular weight is 307 g/mol. The van der Waals surface area contributed by atoms with Crippen molar-refractivity contribution in [3.05, 3.63) is 40.2 Å². The summed E-state index contributed by atoms with van der Waals surface area (Å²) in [4.78, 5) is 7.95. The molecule has 1 aliphatic heterocycles. The van der Waals surface area contributed by atoms with Crippen molar-refractivity contribution in [3.8, 4) is 0 Å². The van der Waals surface area contributed by atoms with E-state index in [1.54, 1.807) is 24.5 Å². The maximum Gasteiger partial charge on any atom is 0.190 e. The van der Waals surface area contributed by atoms with E-state index in [0.717, 1.165) is 36.0 Å². The van der Waals surface area contributed by atoms with Crippen molar-refractivity contribution >= 4 is 22.2 Å². The van der Waals surface area contributed by atoms with Crippen molar-refractivity contribution < 1.29 is 9.13 Å². The Morgan fingerprint density at radius 3 is 3.10 bits per heavy atom. The van der Waals surface area contributed by atoms with E-state index in [1.807, 2.05) is 13.1 Å². The molecule has 0 saturated heterocycles. The van der Waals surface area contributed by atoms with Gasteiger partial charge >= 0.3 is 0 Å². The third kappa shape index (κ3) is 2.79. The molecule has 3 rings (SSSR count). The number of anilines is 2. The van der Waals surface area contributed by atoms with Crippen molar-refractivity contribution in [2.75, 3.05) is 25.6 Å². The van der Waals surface area contributed by atoms with Gasteiger partial charge < -0.3 is 15.0 Å². The number of benzene rings is 1. The monoisotopic (exact) mass is 307 g/mol. The highest BCUT2D eigenvalue weighted by Gasteiger charge is 2.24. The lowest BCUT2D eigenvalue weighted by atomic mass is 10.2. The molecule has 1 aromatic carbocycles. The maximum absolute atomic E-state index is 13.5. The molecule has 1 aliphatic rings. The lowest BCUT2D eigenvalue weighted by molar-refractivity contribution is 0.181. The Labute approximate surface area is 127 Å². The van der Waals surface area contributed by atoms with Crippen LogP contribution in [0.3, 0.4) is 0 Å².